The molecule has 0 heterocycles. The summed E-state index contributed by atoms with van der Waals surface area (Å²) in [6.45, 7) is 0.149. The van der Waals surface area contributed by atoms with Gasteiger partial charge in [0.25, 0.3) is 0 Å². The molecule has 100 valence electrons. The van der Waals surface area contributed by atoms with E-state index in [1.54, 1.807) is 18.2 Å². The average Bonchev–Trinajstić information content (AvgIpc) is 2.48. The van der Waals surface area contributed by atoms with Gasteiger partial charge in [-0.15, -0.1) is 0 Å². The summed E-state index contributed by atoms with van der Waals surface area (Å²) in [5, 5.41) is 8.44. The molecule has 0 spiro atoms. The Morgan fingerprint density at radius 1 is 0.947 bits per heavy atom. The molecule has 0 fully saturated rings. The third kappa shape index (κ3) is 7.13. The number of aliphatic hydroxyl groups is 1. The fraction of sp³-hybridized carbons (Fsp3) is 0.125. The van der Waals surface area contributed by atoms with E-state index in [4.69, 9.17) is 5.11 Å². The Labute approximate surface area is 112 Å². The van der Waals surface area contributed by atoms with Crippen molar-refractivity contribution >= 4 is 6.08 Å². The lowest BCUT2D eigenvalue weighted by Crippen LogP contribution is -1.81. The van der Waals surface area contributed by atoms with Crippen LogP contribution in [0.15, 0.2) is 66.7 Å². The number of halogens is 1. The molecule has 0 saturated heterocycles. The zero-order chi connectivity index (χ0) is 13.8. The summed E-state index contributed by atoms with van der Waals surface area (Å²) in [4.78, 5) is 3.43. The first-order chi connectivity index (χ1) is 9.36. The van der Waals surface area contributed by atoms with Crippen LogP contribution in [0.25, 0.3) is 6.08 Å². The highest BCUT2D eigenvalue weighted by atomic mass is 19.3. The number of hydrogen-bond acceptors (Lipinski definition) is 2. The average molecular weight is 260 g/mol. The maximum atomic E-state index is 11.2. The molecule has 1 N–H and O–H groups in total. The molecule has 0 unspecified atom stereocenters. The predicted octanol–water partition coefficient (Wildman–Crippen LogP) is 3.78. The third-order valence-corrected chi connectivity index (χ3v) is 2.28. The second-order valence-electron chi connectivity index (χ2n) is 3.73. The quantitative estimate of drug-likeness (QED) is 0.906. The Morgan fingerprint density at radius 2 is 1.53 bits per heavy atom. The van der Waals surface area contributed by atoms with E-state index in [0.717, 1.165) is 11.1 Å². The SMILES string of the molecule is FOCc1ccccc1.OCC=Cc1ccccc1. The number of benzene rings is 2. The van der Waals surface area contributed by atoms with Crippen LogP contribution in [-0.2, 0) is 11.5 Å². The zero-order valence-corrected chi connectivity index (χ0v) is 10.6. The fourth-order valence-corrected chi connectivity index (χ4v) is 1.39. The van der Waals surface area contributed by atoms with Crippen LogP contribution in [-0.4, -0.2) is 11.7 Å². The molecule has 0 amide bonds. The maximum absolute atomic E-state index is 11.2. The van der Waals surface area contributed by atoms with Crippen molar-refractivity contribution in [2.45, 2.75) is 6.61 Å². The van der Waals surface area contributed by atoms with Crippen LogP contribution in [0.4, 0.5) is 4.53 Å². The van der Waals surface area contributed by atoms with Gasteiger partial charge in [-0.3, -0.25) is 0 Å². The monoisotopic (exact) mass is 260 g/mol. The third-order valence-electron chi connectivity index (χ3n) is 2.28. The van der Waals surface area contributed by atoms with Gasteiger partial charge < -0.3 is 5.11 Å². The molecule has 2 aromatic carbocycles. The molecule has 0 aliphatic heterocycles. The summed E-state index contributed by atoms with van der Waals surface area (Å²) in [5.41, 5.74) is 1.97. The number of rotatable bonds is 4. The first-order valence-corrected chi connectivity index (χ1v) is 5.96. The highest BCUT2D eigenvalue weighted by Gasteiger charge is 1.87. The highest BCUT2D eigenvalue weighted by Crippen LogP contribution is 2.00. The molecule has 0 aliphatic rings. The highest BCUT2D eigenvalue weighted by molar-refractivity contribution is 5.48. The maximum Gasteiger partial charge on any atom is 0.113 e. The van der Waals surface area contributed by atoms with E-state index in [-0.39, 0.29) is 13.2 Å². The topological polar surface area (TPSA) is 29.5 Å². The largest absolute Gasteiger partial charge is 0.392 e. The van der Waals surface area contributed by atoms with E-state index in [1.165, 1.54) is 0 Å². The molecule has 0 saturated carbocycles. The standard InChI is InChI=1S/C9H10O.C7H7FO/c10-8-4-7-9-5-2-1-3-6-9;8-9-6-7-4-2-1-3-5-7/h1-7,10H,8H2;1-5H,6H2. The van der Waals surface area contributed by atoms with Crippen molar-refractivity contribution in [1.82, 2.24) is 0 Å². The van der Waals surface area contributed by atoms with Crippen LogP contribution >= 0.6 is 0 Å². The molecular formula is C16H17FO2. The van der Waals surface area contributed by atoms with Crippen molar-refractivity contribution in [3.05, 3.63) is 77.9 Å². The van der Waals surface area contributed by atoms with E-state index >= 15 is 0 Å². The minimum absolute atomic E-state index is 0.0425. The van der Waals surface area contributed by atoms with Crippen molar-refractivity contribution in [2.24, 2.45) is 0 Å². The van der Waals surface area contributed by atoms with Crippen LogP contribution in [0.2, 0.25) is 0 Å². The van der Waals surface area contributed by atoms with Gasteiger partial charge in [-0.05, 0) is 15.7 Å². The van der Waals surface area contributed by atoms with Crippen molar-refractivity contribution in [3.8, 4) is 0 Å². The molecule has 2 nitrogen and oxygen atoms in total. The molecule has 19 heavy (non-hydrogen) atoms. The lowest BCUT2D eigenvalue weighted by molar-refractivity contribution is -0.144. The van der Waals surface area contributed by atoms with Crippen molar-refractivity contribution in [2.75, 3.05) is 6.61 Å². The number of hydrogen-bond donors (Lipinski definition) is 1. The predicted molar refractivity (Wildman–Crippen MR) is 74.9 cm³/mol. The molecule has 2 rings (SSSR count). The van der Waals surface area contributed by atoms with Gasteiger partial charge >= 0.3 is 0 Å². The molecule has 0 radical (unpaired) electrons. The van der Waals surface area contributed by atoms with Gasteiger partial charge in [0.05, 0.1) is 6.61 Å². The summed E-state index contributed by atoms with van der Waals surface area (Å²) in [6.07, 6.45) is 3.61. The Bertz CT molecular complexity index is 455. The minimum atomic E-state index is 0.0425. The smallest absolute Gasteiger partial charge is 0.113 e. The molecule has 0 atom stereocenters. The summed E-state index contributed by atoms with van der Waals surface area (Å²) >= 11 is 0. The summed E-state index contributed by atoms with van der Waals surface area (Å²) in [6, 6.07) is 19.1. The second kappa shape index (κ2) is 10.00. The Kier molecular flexibility index (Phi) is 7.94. The van der Waals surface area contributed by atoms with Gasteiger partial charge in [-0.1, -0.05) is 72.8 Å². The van der Waals surface area contributed by atoms with Crippen LogP contribution in [0.1, 0.15) is 11.1 Å². The Morgan fingerprint density at radius 3 is 2.05 bits per heavy atom. The Balaban J connectivity index is 0.000000191. The van der Waals surface area contributed by atoms with Gasteiger partial charge in [0.1, 0.15) is 6.61 Å². The van der Waals surface area contributed by atoms with Gasteiger partial charge in [0.2, 0.25) is 0 Å². The normalized spacial score (nSPS) is 10.0. The first-order valence-electron chi connectivity index (χ1n) is 5.96. The van der Waals surface area contributed by atoms with Crippen LogP contribution in [0.5, 0.6) is 0 Å². The molecule has 3 heteroatoms. The molecule has 2 aromatic rings. The first kappa shape index (κ1) is 15.1. The summed E-state index contributed by atoms with van der Waals surface area (Å²) in [5.74, 6) is 0. The fourth-order valence-electron chi connectivity index (χ4n) is 1.39. The summed E-state index contributed by atoms with van der Waals surface area (Å²) < 4.78 is 11.2. The van der Waals surface area contributed by atoms with E-state index < -0.39 is 0 Å². The molecule has 0 bridgehead atoms. The van der Waals surface area contributed by atoms with Crippen molar-refractivity contribution < 1.29 is 14.6 Å². The van der Waals surface area contributed by atoms with Gasteiger partial charge in [0.15, 0.2) is 0 Å². The van der Waals surface area contributed by atoms with E-state index in [2.05, 4.69) is 4.94 Å². The van der Waals surface area contributed by atoms with E-state index in [1.807, 2.05) is 54.6 Å². The minimum Gasteiger partial charge on any atom is -0.392 e. The van der Waals surface area contributed by atoms with Gasteiger partial charge in [-0.2, -0.15) is 4.94 Å². The van der Waals surface area contributed by atoms with Crippen molar-refractivity contribution in [3.63, 3.8) is 0 Å². The van der Waals surface area contributed by atoms with Gasteiger partial charge in [0, 0.05) is 0 Å². The van der Waals surface area contributed by atoms with Crippen LogP contribution in [0, 0.1) is 0 Å². The molecule has 0 aliphatic carbocycles. The lowest BCUT2D eigenvalue weighted by Gasteiger charge is -1.91. The van der Waals surface area contributed by atoms with Gasteiger partial charge in [-0.25, -0.2) is 0 Å². The van der Waals surface area contributed by atoms with E-state index in [9.17, 15) is 4.53 Å². The summed E-state index contributed by atoms with van der Waals surface area (Å²) in [7, 11) is 0. The van der Waals surface area contributed by atoms with Crippen LogP contribution < -0.4 is 0 Å². The lowest BCUT2D eigenvalue weighted by atomic mass is 10.2. The van der Waals surface area contributed by atoms with E-state index in [0.29, 0.717) is 0 Å². The van der Waals surface area contributed by atoms with Crippen LogP contribution in [0.3, 0.4) is 0 Å². The molecule has 0 aromatic heterocycles. The van der Waals surface area contributed by atoms with Crippen molar-refractivity contribution in [1.29, 1.82) is 0 Å². The Hall–Kier alpha value is -1.97. The molecular weight excluding hydrogens is 243 g/mol. The second-order valence-corrected chi connectivity index (χ2v) is 3.73. The number of aliphatic hydroxyl groups excluding tert-OH is 1. The zero-order valence-electron chi connectivity index (χ0n) is 10.6.